The van der Waals surface area contributed by atoms with Gasteiger partial charge < -0.3 is 15.1 Å². The van der Waals surface area contributed by atoms with Crippen LogP contribution in [0.4, 0.5) is 5.69 Å². The van der Waals surface area contributed by atoms with Crippen LogP contribution in [0, 0.1) is 0 Å². The summed E-state index contributed by atoms with van der Waals surface area (Å²) in [6.45, 7) is 1.57. The Morgan fingerprint density at radius 1 is 1.24 bits per heavy atom. The van der Waals surface area contributed by atoms with E-state index in [0.717, 1.165) is 11.3 Å². The van der Waals surface area contributed by atoms with E-state index in [9.17, 15) is 9.59 Å². The van der Waals surface area contributed by atoms with E-state index < -0.39 is 0 Å². The van der Waals surface area contributed by atoms with Gasteiger partial charge in [-0.05, 0) is 23.8 Å². The summed E-state index contributed by atoms with van der Waals surface area (Å²) >= 11 is 0. The van der Waals surface area contributed by atoms with Crippen molar-refractivity contribution in [2.45, 2.75) is 6.42 Å². The molecule has 0 atom stereocenters. The lowest BCUT2D eigenvalue weighted by atomic mass is 10.2. The van der Waals surface area contributed by atoms with Crippen LogP contribution in [-0.2, 0) is 9.59 Å². The number of anilines is 1. The zero-order valence-corrected chi connectivity index (χ0v) is 12.5. The van der Waals surface area contributed by atoms with E-state index >= 15 is 0 Å². The van der Waals surface area contributed by atoms with Gasteiger partial charge in [0.15, 0.2) is 0 Å². The topological polar surface area (TPSA) is 52.7 Å². The molecule has 1 fully saturated rings. The van der Waals surface area contributed by atoms with Crippen LogP contribution in [-0.4, -0.2) is 50.4 Å². The number of rotatable bonds is 3. The molecule has 5 heteroatoms. The fourth-order valence-electron chi connectivity index (χ4n) is 2.14. The van der Waals surface area contributed by atoms with E-state index in [1.165, 1.54) is 0 Å². The van der Waals surface area contributed by atoms with Crippen LogP contribution in [0.2, 0.25) is 0 Å². The quantitative estimate of drug-likeness (QED) is 0.848. The van der Waals surface area contributed by atoms with Gasteiger partial charge in [-0.15, -0.1) is 0 Å². The highest BCUT2D eigenvalue weighted by Gasteiger charge is 2.16. The molecule has 0 spiro atoms. The molecule has 0 unspecified atom stereocenters. The molecule has 1 heterocycles. The molecule has 0 bridgehead atoms. The summed E-state index contributed by atoms with van der Waals surface area (Å²) < 4.78 is 0. The lowest BCUT2D eigenvalue weighted by Crippen LogP contribution is -2.32. The maximum absolute atomic E-state index is 12.1. The van der Waals surface area contributed by atoms with E-state index in [-0.39, 0.29) is 11.8 Å². The van der Waals surface area contributed by atoms with Crippen molar-refractivity contribution in [2.75, 3.05) is 38.6 Å². The van der Waals surface area contributed by atoms with Crippen LogP contribution in [0.15, 0.2) is 30.3 Å². The molecule has 112 valence electrons. The Kier molecular flexibility index (Phi) is 4.98. The van der Waals surface area contributed by atoms with Crippen LogP contribution >= 0.6 is 0 Å². The van der Waals surface area contributed by atoms with Crippen molar-refractivity contribution >= 4 is 23.6 Å². The first-order valence-electron chi connectivity index (χ1n) is 7.07. The van der Waals surface area contributed by atoms with Gasteiger partial charge in [0, 0.05) is 51.9 Å². The van der Waals surface area contributed by atoms with Gasteiger partial charge in [0.25, 0.3) is 0 Å². The van der Waals surface area contributed by atoms with Crippen molar-refractivity contribution in [2.24, 2.45) is 0 Å². The summed E-state index contributed by atoms with van der Waals surface area (Å²) in [4.78, 5) is 27.1. The number of hydrogen-bond acceptors (Lipinski definition) is 3. The Hall–Kier alpha value is -2.30. The molecule has 1 aliphatic heterocycles. The minimum Gasteiger partial charge on any atom is -0.378 e. The van der Waals surface area contributed by atoms with Gasteiger partial charge in [0.2, 0.25) is 11.8 Å². The van der Waals surface area contributed by atoms with Gasteiger partial charge in [-0.2, -0.15) is 0 Å². The Morgan fingerprint density at radius 3 is 2.62 bits per heavy atom. The van der Waals surface area contributed by atoms with E-state index in [1.807, 2.05) is 49.3 Å². The maximum Gasteiger partial charge on any atom is 0.246 e. The minimum atomic E-state index is -0.0526. The van der Waals surface area contributed by atoms with Gasteiger partial charge in [0.1, 0.15) is 0 Å². The molecular weight excluding hydrogens is 266 g/mol. The van der Waals surface area contributed by atoms with Crippen molar-refractivity contribution in [3.63, 3.8) is 0 Å². The average Bonchev–Trinajstić information content (AvgIpc) is 2.70. The fraction of sp³-hybridized carbons (Fsp3) is 0.375. The lowest BCUT2D eigenvalue weighted by molar-refractivity contribution is -0.125. The number of carbonyl (C=O) groups excluding carboxylic acids is 2. The van der Waals surface area contributed by atoms with Crippen molar-refractivity contribution in [3.8, 4) is 0 Å². The van der Waals surface area contributed by atoms with Gasteiger partial charge in [0.05, 0.1) is 0 Å². The highest BCUT2D eigenvalue weighted by atomic mass is 16.2. The van der Waals surface area contributed by atoms with Crippen molar-refractivity contribution in [1.29, 1.82) is 0 Å². The van der Waals surface area contributed by atoms with E-state index in [2.05, 4.69) is 5.32 Å². The van der Waals surface area contributed by atoms with E-state index in [1.54, 1.807) is 11.0 Å². The third-order valence-corrected chi connectivity index (χ3v) is 3.45. The van der Waals surface area contributed by atoms with Gasteiger partial charge in [-0.1, -0.05) is 12.1 Å². The zero-order chi connectivity index (χ0) is 15.2. The van der Waals surface area contributed by atoms with Crippen molar-refractivity contribution in [3.05, 3.63) is 35.9 Å². The number of nitrogens with zero attached hydrogens (tertiary/aromatic N) is 2. The second kappa shape index (κ2) is 6.92. The molecule has 0 aromatic heterocycles. The molecular formula is C16H21N3O2. The molecule has 2 rings (SSSR count). The molecule has 0 aliphatic carbocycles. The summed E-state index contributed by atoms with van der Waals surface area (Å²) in [5.74, 6) is -0.0447. The lowest BCUT2D eigenvalue weighted by Gasteiger charge is -2.17. The van der Waals surface area contributed by atoms with E-state index in [0.29, 0.717) is 26.1 Å². The summed E-state index contributed by atoms with van der Waals surface area (Å²) in [6.07, 6.45) is 3.75. The molecule has 2 amide bonds. The van der Waals surface area contributed by atoms with Crippen LogP contribution in [0.1, 0.15) is 12.0 Å². The highest BCUT2D eigenvalue weighted by Crippen LogP contribution is 2.13. The van der Waals surface area contributed by atoms with Crippen molar-refractivity contribution in [1.82, 2.24) is 10.2 Å². The molecule has 0 saturated carbocycles. The molecule has 1 aromatic carbocycles. The van der Waals surface area contributed by atoms with Crippen LogP contribution in [0.5, 0.6) is 0 Å². The first kappa shape index (κ1) is 15.1. The van der Waals surface area contributed by atoms with E-state index in [4.69, 9.17) is 0 Å². The van der Waals surface area contributed by atoms with Crippen LogP contribution in [0.25, 0.3) is 6.08 Å². The highest BCUT2D eigenvalue weighted by molar-refractivity contribution is 5.92. The van der Waals surface area contributed by atoms with Crippen molar-refractivity contribution < 1.29 is 9.59 Å². The molecule has 1 aromatic rings. The van der Waals surface area contributed by atoms with Crippen LogP contribution < -0.4 is 10.2 Å². The summed E-state index contributed by atoms with van der Waals surface area (Å²) in [7, 11) is 3.98. The van der Waals surface area contributed by atoms with Gasteiger partial charge in [-0.3, -0.25) is 9.59 Å². The zero-order valence-electron chi connectivity index (χ0n) is 12.5. The molecule has 0 radical (unpaired) electrons. The fourth-order valence-corrected chi connectivity index (χ4v) is 2.14. The maximum atomic E-state index is 12.1. The van der Waals surface area contributed by atoms with Crippen LogP contribution in [0.3, 0.4) is 0 Å². The number of amides is 2. The first-order chi connectivity index (χ1) is 10.1. The van der Waals surface area contributed by atoms with Gasteiger partial charge >= 0.3 is 0 Å². The largest absolute Gasteiger partial charge is 0.378 e. The number of nitrogens with one attached hydrogen (secondary N) is 1. The predicted octanol–water partition coefficient (Wildman–Crippen LogP) is 1.11. The molecule has 1 saturated heterocycles. The summed E-state index contributed by atoms with van der Waals surface area (Å²) in [5, 5.41) is 2.76. The standard InChI is InChI=1S/C16H21N3O2/c1-18(2)14-6-3-13(4-7-14)5-8-16(21)19-11-9-15(20)17-10-12-19/h3-8H,9-12H2,1-2H3,(H,17,20). The predicted molar refractivity (Wildman–Crippen MR) is 84.0 cm³/mol. The number of benzene rings is 1. The smallest absolute Gasteiger partial charge is 0.246 e. The minimum absolute atomic E-state index is 0.00792. The number of carbonyl (C=O) groups is 2. The average molecular weight is 287 g/mol. The third-order valence-electron chi connectivity index (χ3n) is 3.45. The Bertz CT molecular complexity index is 535. The monoisotopic (exact) mass is 287 g/mol. The summed E-state index contributed by atoms with van der Waals surface area (Å²) in [5.41, 5.74) is 2.11. The molecule has 1 aliphatic rings. The second-order valence-corrected chi connectivity index (χ2v) is 5.24. The first-order valence-corrected chi connectivity index (χ1v) is 7.07. The van der Waals surface area contributed by atoms with Gasteiger partial charge in [-0.25, -0.2) is 0 Å². The SMILES string of the molecule is CN(C)c1ccc(C=CC(=O)N2CCNC(=O)CC2)cc1. The second-order valence-electron chi connectivity index (χ2n) is 5.24. The Morgan fingerprint density at radius 2 is 1.95 bits per heavy atom. The summed E-state index contributed by atoms with van der Waals surface area (Å²) in [6, 6.07) is 7.98. The Labute approximate surface area is 125 Å². The third kappa shape index (κ3) is 4.34. The Balaban J connectivity index is 1.96. The molecule has 21 heavy (non-hydrogen) atoms. The number of hydrogen-bond donors (Lipinski definition) is 1. The molecule has 1 N–H and O–H groups in total. The molecule has 5 nitrogen and oxygen atoms in total. The normalized spacial score (nSPS) is 15.7.